The summed E-state index contributed by atoms with van der Waals surface area (Å²) in [6, 6.07) is 13.8. The molecule has 0 saturated carbocycles. The highest BCUT2D eigenvalue weighted by atomic mass is 32.2. The molecule has 8 nitrogen and oxygen atoms in total. The first-order valence-corrected chi connectivity index (χ1v) is 12.0. The molecule has 0 aliphatic carbocycles. The maximum atomic E-state index is 11.2. The molecule has 4 aromatic rings. The van der Waals surface area contributed by atoms with Gasteiger partial charge in [0.2, 0.25) is 0 Å². The Labute approximate surface area is 195 Å². The van der Waals surface area contributed by atoms with Crippen molar-refractivity contribution in [3.05, 3.63) is 66.0 Å². The Bertz CT molecular complexity index is 1320. The quantitative estimate of drug-likeness (QED) is 0.345. The van der Waals surface area contributed by atoms with Crippen LogP contribution in [0.25, 0.3) is 16.8 Å². The predicted octanol–water partition coefficient (Wildman–Crippen LogP) is 5.22. The summed E-state index contributed by atoms with van der Waals surface area (Å²) in [5.41, 5.74) is 9.01. The highest BCUT2D eigenvalue weighted by Crippen LogP contribution is 2.35. The molecule has 1 atom stereocenters. The fraction of sp³-hybridized carbons (Fsp3) is 0.250. The van der Waals surface area contributed by atoms with Crippen molar-refractivity contribution in [1.29, 1.82) is 0 Å². The van der Waals surface area contributed by atoms with E-state index in [9.17, 15) is 4.21 Å². The van der Waals surface area contributed by atoms with E-state index in [2.05, 4.69) is 41.9 Å². The summed E-state index contributed by atoms with van der Waals surface area (Å²) >= 11 is -1.42. The molecule has 172 valence electrons. The number of ether oxygens (including phenoxy) is 1. The van der Waals surface area contributed by atoms with E-state index in [1.54, 1.807) is 11.6 Å². The van der Waals surface area contributed by atoms with Crippen molar-refractivity contribution in [2.75, 3.05) is 24.2 Å². The molecule has 0 aliphatic rings. The Morgan fingerprint density at radius 1 is 1.09 bits per heavy atom. The zero-order chi connectivity index (χ0) is 23.5. The van der Waals surface area contributed by atoms with Gasteiger partial charge >= 0.3 is 0 Å². The lowest BCUT2D eigenvalue weighted by Crippen LogP contribution is -2.05. The minimum Gasteiger partial charge on any atom is -0.496 e. The summed E-state index contributed by atoms with van der Waals surface area (Å²) in [6.07, 6.45) is 5.13. The molecule has 0 saturated heterocycles. The lowest BCUT2D eigenvalue weighted by atomic mass is 9.97. The summed E-state index contributed by atoms with van der Waals surface area (Å²) < 4.78 is 23.6. The predicted molar refractivity (Wildman–Crippen MR) is 132 cm³/mol. The number of benzene rings is 2. The summed E-state index contributed by atoms with van der Waals surface area (Å²) in [4.78, 5) is 4.82. The third-order valence-electron chi connectivity index (χ3n) is 5.33. The van der Waals surface area contributed by atoms with E-state index in [1.165, 1.54) is 11.8 Å². The molecular formula is C24H27N5O3S. The van der Waals surface area contributed by atoms with E-state index in [0.29, 0.717) is 11.7 Å². The minimum absolute atomic E-state index is 0.389. The van der Waals surface area contributed by atoms with E-state index >= 15 is 0 Å². The molecule has 0 spiro atoms. The van der Waals surface area contributed by atoms with Crippen molar-refractivity contribution >= 4 is 33.9 Å². The second-order valence-corrected chi connectivity index (χ2v) is 8.96. The van der Waals surface area contributed by atoms with Crippen molar-refractivity contribution in [3.8, 4) is 16.9 Å². The van der Waals surface area contributed by atoms with E-state index in [0.717, 1.165) is 39.5 Å². The Kier molecular flexibility index (Phi) is 6.62. The number of hydrogen-bond acceptors (Lipinski definition) is 7. The lowest BCUT2D eigenvalue weighted by Gasteiger charge is -2.13. The van der Waals surface area contributed by atoms with Gasteiger partial charge in [-0.2, -0.15) is 9.38 Å². The van der Waals surface area contributed by atoms with Gasteiger partial charge in [-0.15, -0.1) is 0 Å². The first-order valence-electron chi connectivity index (χ1n) is 10.5. The Morgan fingerprint density at radius 2 is 1.91 bits per heavy atom. The number of nitrogens with one attached hydrogen (secondary N) is 2. The number of aryl methyl sites for hydroxylation is 1. The van der Waals surface area contributed by atoms with Crippen LogP contribution in [0, 0.1) is 6.92 Å². The van der Waals surface area contributed by atoms with Crippen LogP contribution in [0.15, 0.2) is 54.9 Å². The van der Waals surface area contributed by atoms with Gasteiger partial charge in [0, 0.05) is 23.7 Å². The molecule has 0 radical (unpaired) electrons. The van der Waals surface area contributed by atoms with E-state index < -0.39 is 11.1 Å². The van der Waals surface area contributed by atoms with Gasteiger partial charge in [0.25, 0.3) is 0 Å². The van der Waals surface area contributed by atoms with Crippen LogP contribution in [0.5, 0.6) is 5.75 Å². The van der Waals surface area contributed by atoms with Gasteiger partial charge in [-0.3, -0.25) is 5.48 Å². The lowest BCUT2D eigenvalue weighted by molar-refractivity contribution is 0.416. The second kappa shape index (κ2) is 9.60. The molecule has 2 N–H and O–H groups in total. The molecular weight excluding hydrogens is 438 g/mol. The molecule has 9 heteroatoms. The van der Waals surface area contributed by atoms with Gasteiger partial charge in [0.1, 0.15) is 11.6 Å². The monoisotopic (exact) mass is 465 g/mol. The fourth-order valence-corrected chi connectivity index (χ4v) is 3.69. The zero-order valence-corrected chi connectivity index (χ0v) is 20.1. The molecule has 0 bridgehead atoms. The molecule has 1 unspecified atom stereocenters. The van der Waals surface area contributed by atoms with E-state index in [-0.39, 0.29) is 0 Å². The van der Waals surface area contributed by atoms with E-state index in [4.69, 9.17) is 14.0 Å². The summed E-state index contributed by atoms with van der Waals surface area (Å²) in [5.74, 6) is 1.83. The molecule has 4 rings (SSSR count). The number of rotatable bonds is 8. The average Bonchev–Trinajstić information content (AvgIpc) is 3.22. The number of aromatic nitrogens is 3. The molecule has 0 fully saturated rings. The molecule has 33 heavy (non-hydrogen) atoms. The third kappa shape index (κ3) is 4.99. The maximum absolute atomic E-state index is 11.2. The SMILES string of the molecule is COc1ccc(C(C)C)cc1-c1cnn2ccc(Nc3ccc(C)c(NOS(C)=O)c3)nc12. The van der Waals surface area contributed by atoms with Crippen LogP contribution in [-0.2, 0) is 15.4 Å². The molecule has 0 aliphatic heterocycles. The van der Waals surface area contributed by atoms with Gasteiger partial charge in [-0.05, 0) is 54.3 Å². The van der Waals surface area contributed by atoms with Gasteiger partial charge in [0.05, 0.1) is 24.6 Å². The van der Waals surface area contributed by atoms with Crippen LogP contribution < -0.4 is 15.5 Å². The van der Waals surface area contributed by atoms with Crippen molar-refractivity contribution < 1.29 is 13.2 Å². The molecule has 2 aromatic heterocycles. The van der Waals surface area contributed by atoms with Gasteiger partial charge in [-0.1, -0.05) is 26.0 Å². The van der Waals surface area contributed by atoms with Gasteiger partial charge in [-0.25, -0.2) is 13.7 Å². The van der Waals surface area contributed by atoms with Crippen molar-refractivity contribution in [3.63, 3.8) is 0 Å². The Morgan fingerprint density at radius 3 is 2.64 bits per heavy atom. The van der Waals surface area contributed by atoms with E-state index in [1.807, 2.05) is 49.6 Å². The van der Waals surface area contributed by atoms with Crippen molar-refractivity contribution in [2.24, 2.45) is 0 Å². The summed E-state index contributed by atoms with van der Waals surface area (Å²) in [5, 5.41) is 7.80. The maximum Gasteiger partial charge on any atom is 0.176 e. The standard InChI is InChI=1S/C24H27N5O3S/c1-15(2)17-7-9-22(31-4)19(12-17)20-14-25-29-11-10-23(27-24(20)29)26-18-8-6-16(3)21(13-18)28-32-33(5)30/h6-15,28H,1-5H3,(H,26,27). The number of hydrogen-bond donors (Lipinski definition) is 2. The van der Waals surface area contributed by atoms with Crippen LogP contribution in [-0.4, -0.2) is 32.2 Å². The van der Waals surface area contributed by atoms with Gasteiger partial charge in [0.15, 0.2) is 16.7 Å². The number of nitrogens with zero attached hydrogens (tertiary/aromatic N) is 3. The highest BCUT2D eigenvalue weighted by Gasteiger charge is 2.15. The number of anilines is 3. The smallest absolute Gasteiger partial charge is 0.176 e. The van der Waals surface area contributed by atoms with Crippen LogP contribution in [0.3, 0.4) is 0 Å². The highest BCUT2D eigenvalue weighted by molar-refractivity contribution is 7.79. The fourth-order valence-electron chi connectivity index (χ4n) is 3.48. The van der Waals surface area contributed by atoms with Crippen LogP contribution in [0.1, 0.15) is 30.9 Å². The zero-order valence-electron chi connectivity index (χ0n) is 19.2. The first-order chi connectivity index (χ1) is 15.9. The number of methoxy groups -OCH3 is 1. The largest absolute Gasteiger partial charge is 0.496 e. The van der Waals surface area contributed by atoms with Crippen LogP contribution in [0.2, 0.25) is 0 Å². The third-order valence-corrected chi connectivity index (χ3v) is 5.65. The summed E-state index contributed by atoms with van der Waals surface area (Å²) in [7, 11) is 1.67. The Balaban J connectivity index is 1.69. The second-order valence-electron chi connectivity index (χ2n) is 8.00. The van der Waals surface area contributed by atoms with Crippen molar-refractivity contribution in [2.45, 2.75) is 26.7 Å². The van der Waals surface area contributed by atoms with Crippen molar-refractivity contribution in [1.82, 2.24) is 14.6 Å². The Hall–Kier alpha value is -3.43. The molecule has 2 aromatic carbocycles. The summed E-state index contributed by atoms with van der Waals surface area (Å²) in [6.45, 7) is 6.27. The van der Waals surface area contributed by atoms with Crippen LogP contribution >= 0.6 is 0 Å². The van der Waals surface area contributed by atoms with Crippen LogP contribution in [0.4, 0.5) is 17.2 Å². The number of fused-ring (bicyclic) bond motifs is 1. The van der Waals surface area contributed by atoms with Gasteiger partial charge < -0.3 is 10.1 Å². The topological polar surface area (TPSA) is 89.8 Å². The molecule has 2 heterocycles. The molecule has 0 amide bonds. The first kappa shape index (κ1) is 22.8. The minimum atomic E-state index is -1.42. The normalized spacial score (nSPS) is 12.2. The average molecular weight is 466 g/mol.